The molecule has 1 aliphatic heterocycles. The summed E-state index contributed by atoms with van der Waals surface area (Å²) in [6.07, 6.45) is 0. The molecule has 0 unspecified atom stereocenters. The van der Waals surface area contributed by atoms with Crippen molar-refractivity contribution >= 4 is 27.2 Å². The summed E-state index contributed by atoms with van der Waals surface area (Å²) in [7, 11) is -0.525. The second kappa shape index (κ2) is 6.62. The van der Waals surface area contributed by atoms with Crippen molar-refractivity contribution in [3.63, 3.8) is 0 Å². The van der Waals surface area contributed by atoms with Crippen LogP contribution >= 0.6 is 0 Å². The van der Waals surface area contributed by atoms with Crippen molar-refractivity contribution in [2.24, 2.45) is 0 Å². The summed E-state index contributed by atoms with van der Waals surface area (Å²) in [6.45, 7) is 0.906. The van der Waals surface area contributed by atoms with Gasteiger partial charge in [0.15, 0.2) is 5.58 Å². The molecule has 1 saturated heterocycles. The van der Waals surface area contributed by atoms with Crippen LogP contribution in [0.2, 0.25) is 0 Å². The van der Waals surface area contributed by atoms with Gasteiger partial charge in [-0.2, -0.15) is 17.0 Å². The molecule has 0 aliphatic carbocycles. The number of carbonyl (C=O) groups is 1. The minimum Gasteiger partial charge on any atom is -0.408 e. The first-order chi connectivity index (χ1) is 11.8. The highest BCUT2D eigenvalue weighted by Crippen LogP contribution is 2.13. The maximum atomic E-state index is 12.5. The van der Waals surface area contributed by atoms with E-state index in [0.717, 1.165) is 4.31 Å². The largest absolute Gasteiger partial charge is 0.420 e. The second-order valence-electron chi connectivity index (χ2n) is 5.99. The zero-order valence-electron chi connectivity index (χ0n) is 14.1. The molecule has 1 aromatic carbocycles. The van der Waals surface area contributed by atoms with Gasteiger partial charge in [0.25, 0.3) is 10.2 Å². The van der Waals surface area contributed by atoms with Gasteiger partial charge in [0.2, 0.25) is 5.91 Å². The molecule has 0 atom stereocenters. The summed E-state index contributed by atoms with van der Waals surface area (Å²) in [4.78, 5) is 26.0. The van der Waals surface area contributed by atoms with Crippen LogP contribution in [-0.4, -0.2) is 72.7 Å². The first-order valence-corrected chi connectivity index (χ1v) is 9.24. The number of hydrogen-bond donors (Lipinski definition) is 0. The van der Waals surface area contributed by atoms with E-state index in [1.165, 1.54) is 23.0 Å². The van der Waals surface area contributed by atoms with Crippen LogP contribution in [-0.2, 0) is 21.5 Å². The van der Waals surface area contributed by atoms with E-state index in [-0.39, 0.29) is 38.6 Å². The summed E-state index contributed by atoms with van der Waals surface area (Å²) in [5.41, 5.74) is 0.997. The van der Waals surface area contributed by atoms with Gasteiger partial charge in [-0.15, -0.1) is 0 Å². The van der Waals surface area contributed by atoms with Crippen LogP contribution in [0.1, 0.15) is 0 Å². The lowest BCUT2D eigenvalue weighted by atomic mass is 10.3. The van der Waals surface area contributed by atoms with Crippen molar-refractivity contribution < 1.29 is 17.6 Å². The molecule has 136 valence electrons. The zero-order chi connectivity index (χ0) is 18.2. The Morgan fingerprint density at radius 3 is 2.44 bits per heavy atom. The van der Waals surface area contributed by atoms with Gasteiger partial charge in [-0.05, 0) is 12.1 Å². The average Bonchev–Trinajstić information content (AvgIpc) is 2.90. The van der Waals surface area contributed by atoms with Crippen molar-refractivity contribution in [2.45, 2.75) is 6.54 Å². The lowest BCUT2D eigenvalue weighted by Crippen LogP contribution is -2.53. The Morgan fingerprint density at radius 2 is 1.80 bits per heavy atom. The van der Waals surface area contributed by atoms with Gasteiger partial charge >= 0.3 is 5.76 Å². The van der Waals surface area contributed by atoms with E-state index in [0.29, 0.717) is 11.1 Å². The highest BCUT2D eigenvalue weighted by Gasteiger charge is 2.30. The minimum atomic E-state index is -3.48. The number of nitrogens with zero attached hydrogens (tertiary/aromatic N) is 4. The van der Waals surface area contributed by atoms with Crippen molar-refractivity contribution in [2.75, 3.05) is 40.3 Å². The lowest BCUT2D eigenvalue weighted by Gasteiger charge is -2.35. The Hall–Kier alpha value is -2.17. The van der Waals surface area contributed by atoms with E-state index in [1.54, 1.807) is 29.2 Å². The maximum Gasteiger partial charge on any atom is 0.420 e. The van der Waals surface area contributed by atoms with E-state index in [9.17, 15) is 18.0 Å². The van der Waals surface area contributed by atoms with E-state index in [4.69, 9.17) is 4.42 Å². The number of para-hydroxylation sites is 2. The molecule has 1 aliphatic rings. The summed E-state index contributed by atoms with van der Waals surface area (Å²) < 4.78 is 33.1. The van der Waals surface area contributed by atoms with Crippen molar-refractivity contribution in [3.05, 3.63) is 34.8 Å². The first kappa shape index (κ1) is 17.6. The lowest BCUT2D eigenvalue weighted by molar-refractivity contribution is -0.133. The molecule has 1 amide bonds. The first-order valence-electron chi connectivity index (χ1n) is 7.84. The van der Waals surface area contributed by atoms with Crippen molar-refractivity contribution in [1.29, 1.82) is 0 Å². The van der Waals surface area contributed by atoms with Gasteiger partial charge in [0, 0.05) is 40.3 Å². The fourth-order valence-electron chi connectivity index (χ4n) is 2.80. The van der Waals surface area contributed by atoms with Crippen molar-refractivity contribution in [1.82, 2.24) is 18.1 Å². The van der Waals surface area contributed by atoms with E-state index >= 15 is 0 Å². The fraction of sp³-hybridized carbons (Fsp3) is 0.467. The molecular weight excluding hydrogens is 348 g/mol. The number of benzene rings is 1. The summed E-state index contributed by atoms with van der Waals surface area (Å²) in [5.74, 6) is -0.820. The maximum absolute atomic E-state index is 12.5. The smallest absolute Gasteiger partial charge is 0.408 e. The number of aromatic nitrogens is 1. The van der Waals surface area contributed by atoms with Gasteiger partial charge in [-0.1, -0.05) is 12.1 Å². The molecule has 25 heavy (non-hydrogen) atoms. The van der Waals surface area contributed by atoms with Gasteiger partial charge in [0.1, 0.15) is 6.54 Å². The van der Waals surface area contributed by atoms with Gasteiger partial charge in [-0.25, -0.2) is 4.79 Å². The molecule has 2 aromatic rings. The molecule has 9 nitrogen and oxygen atoms in total. The van der Waals surface area contributed by atoms with Gasteiger partial charge < -0.3 is 9.32 Å². The van der Waals surface area contributed by atoms with Crippen LogP contribution < -0.4 is 5.76 Å². The van der Waals surface area contributed by atoms with Crippen LogP contribution in [0.25, 0.3) is 11.1 Å². The summed E-state index contributed by atoms with van der Waals surface area (Å²) >= 11 is 0. The number of rotatable bonds is 4. The second-order valence-corrected chi connectivity index (χ2v) is 8.13. The monoisotopic (exact) mass is 368 g/mol. The zero-order valence-corrected chi connectivity index (χ0v) is 14.9. The number of fused-ring (bicyclic) bond motifs is 1. The van der Waals surface area contributed by atoms with Crippen LogP contribution in [0, 0.1) is 0 Å². The molecule has 0 N–H and O–H groups in total. The quantitative estimate of drug-likeness (QED) is 0.728. The van der Waals surface area contributed by atoms with Crippen LogP contribution in [0.4, 0.5) is 0 Å². The van der Waals surface area contributed by atoms with E-state index < -0.39 is 16.0 Å². The molecule has 0 spiro atoms. The third-order valence-electron chi connectivity index (χ3n) is 4.25. The topological polar surface area (TPSA) is 96.1 Å². The molecule has 0 bridgehead atoms. The molecule has 1 fully saturated rings. The van der Waals surface area contributed by atoms with Crippen LogP contribution in [0.3, 0.4) is 0 Å². The predicted octanol–water partition coefficient (Wildman–Crippen LogP) is -0.455. The number of carbonyl (C=O) groups excluding carboxylic acids is 1. The standard InChI is InChI=1S/C15H20N4O5S/c1-16(2)25(22,23)18-9-7-17(8-10-18)14(20)11-19-12-5-3-4-6-13(12)24-15(19)21/h3-6H,7-11H2,1-2H3. The third-order valence-corrected chi connectivity index (χ3v) is 6.19. The summed E-state index contributed by atoms with van der Waals surface area (Å²) in [5, 5.41) is 0. The Labute approximate surface area is 145 Å². The van der Waals surface area contributed by atoms with E-state index in [2.05, 4.69) is 0 Å². The molecule has 1 aromatic heterocycles. The predicted molar refractivity (Wildman–Crippen MR) is 91.2 cm³/mol. The van der Waals surface area contributed by atoms with Gasteiger partial charge in [0.05, 0.1) is 5.52 Å². The minimum absolute atomic E-state index is 0.129. The molecule has 0 saturated carbocycles. The Bertz CT molecular complexity index is 938. The summed E-state index contributed by atoms with van der Waals surface area (Å²) in [6, 6.07) is 6.91. The fourth-order valence-corrected chi connectivity index (χ4v) is 3.88. The average molecular weight is 368 g/mol. The highest BCUT2D eigenvalue weighted by atomic mass is 32.2. The number of amides is 1. The highest BCUT2D eigenvalue weighted by molar-refractivity contribution is 7.86. The SMILES string of the molecule is CN(C)S(=O)(=O)N1CCN(C(=O)Cn2c(=O)oc3ccccc32)CC1. The van der Waals surface area contributed by atoms with Crippen LogP contribution in [0.5, 0.6) is 0 Å². The normalized spacial score (nSPS) is 16.7. The molecule has 0 radical (unpaired) electrons. The van der Waals surface area contributed by atoms with Crippen LogP contribution in [0.15, 0.2) is 33.5 Å². The Kier molecular flexibility index (Phi) is 4.67. The molecular formula is C15H20N4O5S. The number of piperazine rings is 1. The Balaban J connectivity index is 1.69. The molecule has 10 heteroatoms. The van der Waals surface area contributed by atoms with Gasteiger partial charge in [-0.3, -0.25) is 9.36 Å². The number of hydrogen-bond acceptors (Lipinski definition) is 5. The van der Waals surface area contributed by atoms with Crippen molar-refractivity contribution in [3.8, 4) is 0 Å². The Morgan fingerprint density at radius 1 is 1.16 bits per heavy atom. The number of oxazole rings is 1. The third kappa shape index (κ3) is 3.32. The molecule has 3 rings (SSSR count). The van der Waals surface area contributed by atoms with E-state index in [1.807, 2.05) is 0 Å². The molecule has 2 heterocycles.